The highest BCUT2D eigenvalue weighted by Crippen LogP contribution is 2.17. The van der Waals surface area contributed by atoms with Crippen molar-refractivity contribution in [2.75, 3.05) is 13.2 Å². The monoisotopic (exact) mass is 956 g/mol. The lowest BCUT2D eigenvalue weighted by Gasteiger charge is -2.20. The molecule has 2 unspecified atom stereocenters. The molecular formula is C62H117NO5. The number of hydrogen-bond donors (Lipinski definition) is 3. The van der Waals surface area contributed by atoms with Crippen LogP contribution in [0.5, 0.6) is 0 Å². The third-order valence-electron chi connectivity index (χ3n) is 13.9. The first-order valence-corrected chi connectivity index (χ1v) is 30.3. The van der Waals surface area contributed by atoms with Gasteiger partial charge in [0.1, 0.15) is 0 Å². The maximum absolute atomic E-state index is 12.4. The highest BCUT2D eigenvalue weighted by atomic mass is 16.5. The summed E-state index contributed by atoms with van der Waals surface area (Å²) in [4.78, 5) is 24.5. The van der Waals surface area contributed by atoms with Crippen LogP contribution >= 0.6 is 0 Å². The van der Waals surface area contributed by atoms with Crippen LogP contribution in [0.25, 0.3) is 0 Å². The normalized spacial score (nSPS) is 12.8. The Hall–Kier alpha value is -1.92. The highest BCUT2D eigenvalue weighted by molar-refractivity contribution is 5.76. The molecule has 0 aliphatic heterocycles. The van der Waals surface area contributed by atoms with Gasteiger partial charge in [-0.25, -0.2) is 0 Å². The standard InChI is InChI=1S/C62H117NO5/c1-3-5-7-9-11-13-14-15-16-17-27-30-33-36-40-44-48-52-56-62(67)68-57-53-49-45-41-37-34-31-28-25-23-21-19-18-20-22-24-26-29-32-35-39-43-47-51-55-61(66)63-59(58-64)60(65)54-50-46-42-38-12-10-8-6-4-2/h13-14,16-17,50,54,59-60,64-65H,3-12,15,18-49,51-53,55-58H2,1-2H3,(H,63,66)/b14-13-,17-16-,54-50+. The minimum Gasteiger partial charge on any atom is -0.466 e. The quantitative estimate of drug-likeness (QED) is 0.0321. The maximum Gasteiger partial charge on any atom is 0.305 e. The van der Waals surface area contributed by atoms with Crippen molar-refractivity contribution in [2.24, 2.45) is 0 Å². The van der Waals surface area contributed by atoms with Gasteiger partial charge in [0, 0.05) is 12.8 Å². The second-order valence-corrected chi connectivity index (χ2v) is 20.7. The minimum atomic E-state index is -0.841. The Morgan fingerprint density at radius 3 is 1.13 bits per heavy atom. The first kappa shape index (κ1) is 66.1. The molecule has 0 heterocycles. The number of aliphatic hydroxyl groups is 2. The van der Waals surface area contributed by atoms with Crippen molar-refractivity contribution in [3.63, 3.8) is 0 Å². The molecule has 0 rings (SSSR count). The van der Waals surface area contributed by atoms with Crippen molar-refractivity contribution in [3.05, 3.63) is 36.5 Å². The predicted molar refractivity (Wildman–Crippen MR) is 296 cm³/mol. The number of allylic oxidation sites excluding steroid dienone is 5. The van der Waals surface area contributed by atoms with Gasteiger partial charge in [0.15, 0.2) is 0 Å². The molecule has 0 spiro atoms. The van der Waals surface area contributed by atoms with E-state index in [0.717, 1.165) is 51.4 Å². The van der Waals surface area contributed by atoms with E-state index in [-0.39, 0.29) is 18.5 Å². The van der Waals surface area contributed by atoms with Crippen LogP contribution in [0, 0.1) is 0 Å². The fourth-order valence-corrected chi connectivity index (χ4v) is 9.25. The van der Waals surface area contributed by atoms with E-state index in [1.54, 1.807) is 6.08 Å². The SMILES string of the molecule is CCCCCC/C=C\C/C=C\CCCCCCCCCC(=O)OCCCCCCCCCCCCCCCCCCCCCCCCCCC(=O)NC(CO)C(O)/C=C/CCCCCCCCC. The molecule has 68 heavy (non-hydrogen) atoms. The number of unbranched alkanes of at least 4 members (excludes halogenated alkanes) is 41. The Morgan fingerprint density at radius 1 is 0.412 bits per heavy atom. The van der Waals surface area contributed by atoms with Gasteiger partial charge in [-0.15, -0.1) is 0 Å². The minimum absolute atomic E-state index is 0.00736. The summed E-state index contributed by atoms with van der Waals surface area (Å²) in [6.45, 7) is 4.86. The molecule has 2 atom stereocenters. The van der Waals surface area contributed by atoms with Gasteiger partial charge in [-0.1, -0.05) is 281 Å². The van der Waals surface area contributed by atoms with Gasteiger partial charge in [-0.2, -0.15) is 0 Å². The fourth-order valence-electron chi connectivity index (χ4n) is 9.25. The van der Waals surface area contributed by atoms with Gasteiger partial charge in [-0.3, -0.25) is 9.59 Å². The molecular weight excluding hydrogens is 839 g/mol. The second kappa shape index (κ2) is 57.7. The smallest absolute Gasteiger partial charge is 0.305 e. The molecule has 1 amide bonds. The van der Waals surface area contributed by atoms with E-state index < -0.39 is 12.1 Å². The van der Waals surface area contributed by atoms with Crippen LogP contribution in [-0.4, -0.2) is 47.4 Å². The molecule has 0 aromatic carbocycles. The fraction of sp³-hybridized carbons (Fsp3) is 0.871. The number of nitrogens with one attached hydrogen (secondary N) is 1. The summed E-state index contributed by atoms with van der Waals surface area (Å²) in [5.74, 6) is -0.0619. The van der Waals surface area contributed by atoms with Gasteiger partial charge >= 0.3 is 5.97 Å². The van der Waals surface area contributed by atoms with E-state index in [0.29, 0.717) is 19.4 Å². The Balaban J connectivity index is 3.35. The lowest BCUT2D eigenvalue weighted by molar-refractivity contribution is -0.143. The molecule has 0 aromatic rings. The number of aliphatic hydroxyl groups excluding tert-OH is 2. The summed E-state index contributed by atoms with van der Waals surface area (Å²) >= 11 is 0. The Bertz CT molecular complexity index is 1100. The van der Waals surface area contributed by atoms with Crippen LogP contribution in [0.4, 0.5) is 0 Å². The zero-order chi connectivity index (χ0) is 49.3. The molecule has 3 N–H and O–H groups in total. The Kier molecular flexibility index (Phi) is 56.0. The van der Waals surface area contributed by atoms with Gasteiger partial charge < -0.3 is 20.3 Å². The third kappa shape index (κ3) is 53.4. The summed E-state index contributed by atoms with van der Waals surface area (Å²) in [5, 5.41) is 22.9. The van der Waals surface area contributed by atoms with Crippen molar-refractivity contribution in [1.29, 1.82) is 0 Å². The predicted octanol–water partition coefficient (Wildman–Crippen LogP) is 18.8. The van der Waals surface area contributed by atoms with E-state index in [1.165, 1.54) is 244 Å². The summed E-state index contributed by atoms with van der Waals surface area (Å²) in [5.41, 5.74) is 0. The molecule has 0 aliphatic carbocycles. The zero-order valence-corrected chi connectivity index (χ0v) is 45.6. The van der Waals surface area contributed by atoms with E-state index in [4.69, 9.17) is 4.74 Å². The number of rotatable bonds is 56. The van der Waals surface area contributed by atoms with Crippen LogP contribution in [0.1, 0.15) is 322 Å². The van der Waals surface area contributed by atoms with Crippen molar-refractivity contribution in [2.45, 2.75) is 334 Å². The number of esters is 1. The molecule has 0 fully saturated rings. The molecule has 0 bridgehead atoms. The van der Waals surface area contributed by atoms with Crippen LogP contribution in [-0.2, 0) is 14.3 Å². The van der Waals surface area contributed by atoms with Crippen molar-refractivity contribution >= 4 is 11.9 Å². The van der Waals surface area contributed by atoms with E-state index in [9.17, 15) is 19.8 Å². The van der Waals surface area contributed by atoms with E-state index in [2.05, 4.69) is 43.5 Å². The highest BCUT2D eigenvalue weighted by Gasteiger charge is 2.18. The Morgan fingerprint density at radius 2 is 0.735 bits per heavy atom. The molecule has 6 nitrogen and oxygen atoms in total. The van der Waals surface area contributed by atoms with Crippen LogP contribution in [0.3, 0.4) is 0 Å². The summed E-state index contributed by atoms with van der Waals surface area (Å²) in [6, 6.07) is -0.625. The summed E-state index contributed by atoms with van der Waals surface area (Å²) in [7, 11) is 0. The largest absolute Gasteiger partial charge is 0.466 e. The number of carbonyl (C=O) groups is 2. The Labute approximate surface area is 424 Å². The lowest BCUT2D eigenvalue weighted by atomic mass is 10.0. The molecule has 0 aromatic heterocycles. The summed E-state index contributed by atoms with van der Waals surface area (Å²) < 4.78 is 5.49. The first-order chi connectivity index (χ1) is 33.5. The van der Waals surface area contributed by atoms with Crippen LogP contribution in [0.2, 0.25) is 0 Å². The van der Waals surface area contributed by atoms with E-state index in [1.807, 2.05) is 6.08 Å². The van der Waals surface area contributed by atoms with Crippen LogP contribution < -0.4 is 5.32 Å². The van der Waals surface area contributed by atoms with Crippen molar-refractivity contribution in [1.82, 2.24) is 5.32 Å². The second-order valence-electron chi connectivity index (χ2n) is 20.7. The van der Waals surface area contributed by atoms with Gasteiger partial charge in [0.2, 0.25) is 5.91 Å². The average Bonchev–Trinajstić information content (AvgIpc) is 3.34. The number of hydrogen-bond acceptors (Lipinski definition) is 5. The zero-order valence-electron chi connectivity index (χ0n) is 45.6. The third-order valence-corrected chi connectivity index (χ3v) is 13.9. The molecule has 6 heteroatoms. The van der Waals surface area contributed by atoms with Crippen molar-refractivity contribution in [3.8, 4) is 0 Å². The molecule has 400 valence electrons. The molecule has 0 aliphatic rings. The van der Waals surface area contributed by atoms with E-state index >= 15 is 0 Å². The van der Waals surface area contributed by atoms with Crippen molar-refractivity contribution < 1.29 is 24.5 Å². The summed E-state index contributed by atoms with van der Waals surface area (Å²) in [6.07, 6.45) is 71.9. The number of ether oxygens (including phenoxy) is 1. The van der Waals surface area contributed by atoms with Crippen LogP contribution in [0.15, 0.2) is 36.5 Å². The lowest BCUT2D eigenvalue weighted by Crippen LogP contribution is -2.45. The molecule has 0 saturated carbocycles. The number of amides is 1. The molecule has 0 radical (unpaired) electrons. The average molecular weight is 957 g/mol. The first-order valence-electron chi connectivity index (χ1n) is 30.3. The van der Waals surface area contributed by atoms with Gasteiger partial charge in [0.05, 0.1) is 25.4 Å². The van der Waals surface area contributed by atoms with Gasteiger partial charge in [0.25, 0.3) is 0 Å². The maximum atomic E-state index is 12.4. The number of carbonyl (C=O) groups excluding carboxylic acids is 2. The topological polar surface area (TPSA) is 95.9 Å². The van der Waals surface area contributed by atoms with Gasteiger partial charge in [-0.05, 0) is 64.2 Å². The molecule has 0 saturated heterocycles.